The molecule has 0 amide bonds. The number of rotatable bonds is 6. The first kappa shape index (κ1) is 15.4. The Labute approximate surface area is 128 Å². The Bertz CT molecular complexity index is 569. The Morgan fingerprint density at radius 3 is 2.70 bits per heavy atom. The number of nitrogens with one attached hydrogen (secondary N) is 1. The lowest BCUT2D eigenvalue weighted by atomic mass is 10.0. The molecule has 0 radical (unpaired) electrons. The fourth-order valence-electron chi connectivity index (χ4n) is 2.07. The molecule has 0 spiro atoms. The van der Waals surface area contributed by atoms with Crippen molar-refractivity contribution in [2.24, 2.45) is 0 Å². The zero-order chi connectivity index (χ0) is 14.5. The zero-order valence-electron chi connectivity index (χ0n) is 11.5. The highest BCUT2D eigenvalue weighted by Crippen LogP contribution is 2.31. The molecular weight excluding hydrogens is 297 g/mol. The van der Waals surface area contributed by atoms with Gasteiger partial charge in [-0.1, -0.05) is 36.2 Å². The van der Waals surface area contributed by atoms with E-state index in [-0.39, 0.29) is 6.04 Å². The SMILES string of the molecule is CCNC(c1ccc(COC)o1)c1ccc(Cl)cc1Cl. The summed E-state index contributed by atoms with van der Waals surface area (Å²) in [6.45, 7) is 3.28. The first-order valence-electron chi connectivity index (χ1n) is 6.41. The molecule has 1 unspecified atom stereocenters. The van der Waals surface area contributed by atoms with Crippen molar-refractivity contribution >= 4 is 23.2 Å². The second kappa shape index (κ2) is 7.14. The predicted molar refractivity (Wildman–Crippen MR) is 81.4 cm³/mol. The van der Waals surface area contributed by atoms with Gasteiger partial charge in [-0.3, -0.25) is 0 Å². The maximum atomic E-state index is 6.29. The second-order valence-electron chi connectivity index (χ2n) is 4.39. The van der Waals surface area contributed by atoms with Crippen molar-refractivity contribution in [3.8, 4) is 0 Å². The van der Waals surface area contributed by atoms with Crippen molar-refractivity contribution in [2.45, 2.75) is 19.6 Å². The van der Waals surface area contributed by atoms with Crippen LogP contribution in [-0.2, 0) is 11.3 Å². The molecular formula is C15H17Cl2NO2. The number of hydrogen-bond acceptors (Lipinski definition) is 3. The van der Waals surface area contributed by atoms with Gasteiger partial charge in [0.05, 0.1) is 6.04 Å². The van der Waals surface area contributed by atoms with Gasteiger partial charge in [-0.25, -0.2) is 0 Å². The Morgan fingerprint density at radius 2 is 2.05 bits per heavy atom. The highest BCUT2D eigenvalue weighted by Gasteiger charge is 2.19. The van der Waals surface area contributed by atoms with Crippen LogP contribution in [0.15, 0.2) is 34.7 Å². The van der Waals surface area contributed by atoms with Gasteiger partial charge in [0.25, 0.3) is 0 Å². The molecule has 0 aliphatic heterocycles. The maximum absolute atomic E-state index is 6.29. The number of halogens is 2. The van der Waals surface area contributed by atoms with Crippen molar-refractivity contribution in [3.63, 3.8) is 0 Å². The van der Waals surface area contributed by atoms with Gasteiger partial charge in [0, 0.05) is 17.2 Å². The minimum atomic E-state index is -0.102. The summed E-state index contributed by atoms with van der Waals surface area (Å²) in [4.78, 5) is 0. The lowest BCUT2D eigenvalue weighted by Gasteiger charge is -2.17. The van der Waals surface area contributed by atoms with Crippen LogP contribution in [0, 0.1) is 0 Å². The molecule has 1 atom stereocenters. The molecule has 1 aromatic heterocycles. The van der Waals surface area contributed by atoms with Gasteiger partial charge in [-0.15, -0.1) is 0 Å². The van der Waals surface area contributed by atoms with Crippen molar-refractivity contribution < 1.29 is 9.15 Å². The molecule has 0 fully saturated rings. The molecule has 0 saturated carbocycles. The van der Waals surface area contributed by atoms with Crippen LogP contribution < -0.4 is 5.32 Å². The Morgan fingerprint density at radius 1 is 1.25 bits per heavy atom. The summed E-state index contributed by atoms with van der Waals surface area (Å²) >= 11 is 12.2. The Balaban J connectivity index is 2.34. The normalized spacial score (nSPS) is 12.6. The fourth-order valence-corrected chi connectivity index (χ4v) is 2.59. The average molecular weight is 314 g/mol. The molecule has 1 heterocycles. The van der Waals surface area contributed by atoms with Crippen molar-refractivity contribution in [2.75, 3.05) is 13.7 Å². The summed E-state index contributed by atoms with van der Waals surface area (Å²) < 4.78 is 10.9. The highest BCUT2D eigenvalue weighted by atomic mass is 35.5. The second-order valence-corrected chi connectivity index (χ2v) is 5.24. The van der Waals surface area contributed by atoms with E-state index in [1.165, 1.54) is 0 Å². The van der Waals surface area contributed by atoms with E-state index >= 15 is 0 Å². The van der Waals surface area contributed by atoms with E-state index in [0.29, 0.717) is 16.7 Å². The van der Waals surface area contributed by atoms with Crippen LogP contribution in [0.5, 0.6) is 0 Å². The lowest BCUT2D eigenvalue weighted by Crippen LogP contribution is -2.21. The highest BCUT2D eigenvalue weighted by molar-refractivity contribution is 6.35. The molecule has 0 bridgehead atoms. The molecule has 0 aliphatic carbocycles. The van der Waals surface area contributed by atoms with E-state index in [0.717, 1.165) is 23.6 Å². The van der Waals surface area contributed by atoms with Crippen molar-refractivity contribution in [1.29, 1.82) is 0 Å². The van der Waals surface area contributed by atoms with E-state index in [9.17, 15) is 0 Å². The first-order chi connectivity index (χ1) is 9.65. The molecule has 20 heavy (non-hydrogen) atoms. The number of hydrogen-bond donors (Lipinski definition) is 1. The summed E-state index contributed by atoms with van der Waals surface area (Å²) in [5, 5.41) is 4.61. The monoisotopic (exact) mass is 313 g/mol. The minimum absolute atomic E-state index is 0.102. The summed E-state index contributed by atoms with van der Waals surface area (Å²) in [6.07, 6.45) is 0. The van der Waals surface area contributed by atoms with Gasteiger partial charge in [0.15, 0.2) is 0 Å². The van der Waals surface area contributed by atoms with E-state index in [1.807, 2.05) is 31.2 Å². The summed E-state index contributed by atoms with van der Waals surface area (Å²) in [5.41, 5.74) is 0.941. The molecule has 2 rings (SSSR count). The van der Waals surface area contributed by atoms with Crippen molar-refractivity contribution in [1.82, 2.24) is 5.32 Å². The smallest absolute Gasteiger partial charge is 0.129 e. The number of benzene rings is 1. The van der Waals surface area contributed by atoms with Gasteiger partial charge in [0.2, 0.25) is 0 Å². The molecule has 108 valence electrons. The van der Waals surface area contributed by atoms with Crippen LogP contribution in [0.2, 0.25) is 10.0 Å². The first-order valence-corrected chi connectivity index (χ1v) is 7.17. The summed E-state index contributed by atoms with van der Waals surface area (Å²) in [7, 11) is 1.64. The van der Waals surface area contributed by atoms with Crippen LogP contribution in [0.3, 0.4) is 0 Å². The third-order valence-corrected chi connectivity index (χ3v) is 3.50. The molecule has 1 N–H and O–H groups in total. The van der Waals surface area contributed by atoms with Gasteiger partial charge < -0.3 is 14.5 Å². The molecule has 1 aromatic carbocycles. The van der Waals surface area contributed by atoms with E-state index < -0.39 is 0 Å². The molecule has 0 saturated heterocycles. The van der Waals surface area contributed by atoms with Crippen molar-refractivity contribution in [3.05, 3.63) is 57.5 Å². The minimum Gasteiger partial charge on any atom is -0.462 e. The molecule has 3 nitrogen and oxygen atoms in total. The summed E-state index contributed by atoms with van der Waals surface area (Å²) in [6, 6.07) is 9.22. The van der Waals surface area contributed by atoms with Crippen LogP contribution in [0.1, 0.15) is 30.0 Å². The Kier molecular flexibility index (Phi) is 5.49. The number of furan rings is 1. The van der Waals surface area contributed by atoms with Crippen LogP contribution in [-0.4, -0.2) is 13.7 Å². The van der Waals surface area contributed by atoms with Gasteiger partial charge >= 0.3 is 0 Å². The van der Waals surface area contributed by atoms with E-state index in [1.54, 1.807) is 13.2 Å². The average Bonchev–Trinajstić information content (AvgIpc) is 2.86. The van der Waals surface area contributed by atoms with Crippen LogP contribution >= 0.6 is 23.2 Å². The molecule has 5 heteroatoms. The number of ether oxygens (including phenoxy) is 1. The zero-order valence-corrected chi connectivity index (χ0v) is 13.0. The lowest BCUT2D eigenvalue weighted by molar-refractivity contribution is 0.162. The standard InChI is InChI=1S/C15H17Cl2NO2/c1-3-18-15(12-6-4-10(16)8-13(12)17)14-7-5-11(20-14)9-19-2/h4-8,15,18H,3,9H2,1-2H3. The van der Waals surface area contributed by atoms with E-state index in [4.69, 9.17) is 32.4 Å². The molecule has 2 aromatic rings. The van der Waals surface area contributed by atoms with Crippen LogP contribution in [0.4, 0.5) is 0 Å². The predicted octanol–water partition coefficient (Wildman–Crippen LogP) is 4.43. The third kappa shape index (κ3) is 3.55. The topological polar surface area (TPSA) is 34.4 Å². The van der Waals surface area contributed by atoms with Crippen LogP contribution in [0.25, 0.3) is 0 Å². The quantitative estimate of drug-likeness (QED) is 0.856. The largest absolute Gasteiger partial charge is 0.462 e. The van der Waals surface area contributed by atoms with Gasteiger partial charge in [0.1, 0.15) is 18.1 Å². The number of methoxy groups -OCH3 is 1. The van der Waals surface area contributed by atoms with E-state index in [2.05, 4.69) is 5.32 Å². The molecule has 0 aliphatic rings. The fraction of sp³-hybridized carbons (Fsp3) is 0.333. The van der Waals surface area contributed by atoms with Gasteiger partial charge in [-0.2, -0.15) is 0 Å². The third-order valence-electron chi connectivity index (χ3n) is 2.94. The maximum Gasteiger partial charge on any atom is 0.129 e. The van der Waals surface area contributed by atoms with Gasteiger partial charge in [-0.05, 0) is 36.4 Å². The Hall–Kier alpha value is -1.000. The summed E-state index contributed by atoms with van der Waals surface area (Å²) in [5.74, 6) is 1.60.